The van der Waals surface area contributed by atoms with E-state index in [0.717, 1.165) is 11.1 Å². The van der Waals surface area contributed by atoms with E-state index in [4.69, 9.17) is 4.74 Å². The van der Waals surface area contributed by atoms with Crippen LogP contribution in [0, 0.1) is 13.8 Å². The molecule has 1 aromatic carbocycles. The Morgan fingerprint density at radius 2 is 2.00 bits per heavy atom. The average molecular weight is 376 g/mol. The molecule has 1 fully saturated rings. The maximum absolute atomic E-state index is 12.9. The molecule has 7 nitrogen and oxygen atoms in total. The number of aromatic nitrogens is 2. The zero-order valence-corrected chi connectivity index (χ0v) is 16.3. The van der Waals surface area contributed by atoms with Crippen LogP contribution in [0.15, 0.2) is 35.5 Å². The van der Waals surface area contributed by atoms with Crippen molar-refractivity contribution >= 4 is 15.8 Å². The van der Waals surface area contributed by atoms with Gasteiger partial charge in [0.1, 0.15) is 6.10 Å². The number of ether oxygens (including phenoxy) is 1. The lowest BCUT2D eigenvalue weighted by Crippen LogP contribution is -2.31. The third kappa shape index (κ3) is 3.81. The van der Waals surface area contributed by atoms with Crippen molar-refractivity contribution in [2.24, 2.45) is 0 Å². The predicted molar refractivity (Wildman–Crippen MR) is 100 cm³/mol. The highest BCUT2D eigenvalue weighted by Gasteiger charge is 2.34. The fourth-order valence-corrected chi connectivity index (χ4v) is 4.71. The minimum absolute atomic E-state index is 0.234. The molecule has 1 aliphatic heterocycles. The lowest BCUT2D eigenvalue weighted by atomic mass is 10.2. The normalized spacial score (nSPS) is 18.1. The fourth-order valence-electron chi connectivity index (χ4n) is 3.02. The lowest BCUT2D eigenvalue weighted by Gasteiger charge is -2.19. The molecule has 140 valence electrons. The number of anilines is 1. The van der Waals surface area contributed by atoms with Gasteiger partial charge in [0.25, 0.3) is 0 Å². The topological polar surface area (TPSA) is 75.6 Å². The third-order valence-electron chi connectivity index (χ3n) is 4.40. The number of sulfonamides is 1. The molecule has 2 aromatic rings. The van der Waals surface area contributed by atoms with Gasteiger partial charge in [-0.05, 0) is 31.9 Å². The van der Waals surface area contributed by atoms with E-state index in [-0.39, 0.29) is 6.10 Å². The van der Waals surface area contributed by atoms with Gasteiger partial charge in [-0.15, -0.1) is 0 Å². The number of aryl methyl sites for hydroxylation is 2. The van der Waals surface area contributed by atoms with Gasteiger partial charge in [0, 0.05) is 20.6 Å². The van der Waals surface area contributed by atoms with Crippen molar-refractivity contribution < 1.29 is 13.2 Å². The SMILES string of the molecule is Cc1ccc(S(=O)(=O)N2CCC(Oc3cncc(N(C)C)n3)C2)c(C)c1. The second-order valence-electron chi connectivity index (χ2n) is 6.77. The molecule has 0 saturated carbocycles. The van der Waals surface area contributed by atoms with Crippen LogP contribution in [-0.4, -0.2) is 56.0 Å². The van der Waals surface area contributed by atoms with Crippen LogP contribution in [0.4, 0.5) is 5.82 Å². The summed E-state index contributed by atoms with van der Waals surface area (Å²) in [5.41, 5.74) is 1.81. The summed E-state index contributed by atoms with van der Waals surface area (Å²) in [6.07, 6.45) is 3.59. The highest BCUT2D eigenvalue weighted by Crippen LogP contribution is 2.26. The van der Waals surface area contributed by atoms with Crippen LogP contribution in [-0.2, 0) is 10.0 Å². The monoisotopic (exact) mass is 376 g/mol. The summed E-state index contributed by atoms with van der Waals surface area (Å²) in [6, 6.07) is 5.39. The first-order chi connectivity index (χ1) is 12.3. The van der Waals surface area contributed by atoms with E-state index in [1.807, 2.05) is 45.0 Å². The Morgan fingerprint density at radius 3 is 2.69 bits per heavy atom. The zero-order chi connectivity index (χ0) is 18.9. The van der Waals surface area contributed by atoms with Crippen molar-refractivity contribution in [3.05, 3.63) is 41.7 Å². The number of hydrogen-bond acceptors (Lipinski definition) is 6. The summed E-state index contributed by atoms with van der Waals surface area (Å²) in [5, 5.41) is 0. The number of benzene rings is 1. The summed E-state index contributed by atoms with van der Waals surface area (Å²) in [5.74, 6) is 1.10. The molecule has 8 heteroatoms. The van der Waals surface area contributed by atoms with Gasteiger partial charge in [-0.1, -0.05) is 17.7 Å². The third-order valence-corrected chi connectivity index (χ3v) is 6.43. The molecule has 2 heterocycles. The van der Waals surface area contributed by atoms with Crippen molar-refractivity contribution in [1.82, 2.24) is 14.3 Å². The Bertz CT molecular complexity index is 899. The van der Waals surface area contributed by atoms with Crippen molar-refractivity contribution in [3.8, 4) is 5.88 Å². The van der Waals surface area contributed by atoms with E-state index >= 15 is 0 Å². The van der Waals surface area contributed by atoms with Crippen LogP contribution in [0.5, 0.6) is 5.88 Å². The molecule has 1 aromatic heterocycles. The highest BCUT2D eigenvalue weighted by atomic mass is 32.2. The molecular formula is C18H24N4O3S. The van der Waals surface area contributed by atoms with E-state index in [1.54, 1.807) is 18.5 Å². The maximum atomic E-state index is 12.9. The molecule has 0 spiro atoms. The Labute approximate surface area is 154 Å². The fraction of sp³-hybridized carbons (Fsp3) is 0.444. The molecule has 0 radical (unpaired) electrons. The second kappa shape index (κ2) is 7.20. The molecule has 0 N–H and O–H groups in total. The Hall–Kier alpha value is -2.19. The molecule has 1 aliphatic rings. The summed E-state index contributed by atoms with van der Waals surface area (Å²) < 4.78 is 33.2. The van der Waals surface area contributed by atoms with Gasteiger partial charge < -0.3 is 9.64 Å². The molecule has 0 bridgehead atoms. The van der Waals surface area contributed by atoms with E-state index < -0.39 is 10.0 Å². The van der Waals surface area contributed by atoms with Crippen LogP contribution in [0.3, 0.4) is 0 Å². The summed E-state index contributed by atoms with van der Waals surface area (Å²) in [6.45, 7) is 4.52. The summed E-state index contributed by atoms with van der Waals surface area (Å²) >= 11 is 0. The highest BCUT2D eigenvalue weighted by molar-refractivity contribution is 7.89. The quantitative estimate of drug-likeness (QED) is 0.794. The van der Waals surface area contributed by atoms with E-state index in [0.29, 0.717) is 36.1 Å². The van der Waals surface area contributed by atoms with Crippen LogP contribution in [0.1, 0.15) is 17.5 Å². The van der Waals surface area contributed by atoms with Gasteiger partial charge in [0.15, 0.2) is 5.82 Å². The van der Waals surface area contributed by atoms with Gasteiger partial charge >= 0.3 is 0 Å². The zero-order valence-electron chi connectivity index (χ0n) is 15.5. The van der Waals surface area contributed by atoms with Crippen molar-refractivity contribution in [2.75, 3.05) is 32.1 Å². The largest absolute Gasteiger partial charge is 0.472 e. The smallest absolute Gasteiger partial charge is 0.243 e. The van der Waals surface area contributed by atoms with Gasteiger partial charge in [-0.2, -0.15) is 9.29 Å². The first kappa shape index (κ1) is 18.6. The number of rotatable bonds is 5. The van der Waals surface area contributed by atoms with Gasteiger partial charge in [-0.25, -0.2) is 8.42 Å². The lowest BCUT2D eigenvalue weighted by molar-refractivity contribution is 0.206. The molecule has 1 saturated heterocycles. The van der Waals surface area contributed by atoms with Crippen molar-refractivity contribution in [1.29, 1.82) is 0 Å². The molecule has 26 heavy (non-hydrogen) atoms. The average Bonchev–Trinajstić information content (AvgIpc) is 3.04. The molecular weight excluding hydrogens is 352 g/mol. The summed E-state index contributed by atoms with van der Waals surface area (Å²) in [4.78, 5) is 10.7. The standard InChI is InChI=1S/C18H24N4O3S/c1-13-5-6-16(14(2)9-13)26(23,24)22-8-7-15(12-22)25-18-11-19-10-17(20-18)21(3)4/h5-6,9-11,15H,7-8,12H2,1-4H3. The van der Waals surface area contributed by atoms with E-state index in [2.05, 4.69) is 9.97 Å². The molecule has 0 aliphatic carbocycles. The van der Waals surface area contributed by atoms with Gasteiger partial charge in [-0.3, -0.25) is 4.98 Å². The van der Waals surface area contributed by atoms with Gasteiger partial charge in [0.05, 0.1) is 23.8 Å². The van der Waals surface area contributed by atoms with Crippen LogP contribution < -0.4 is 9.64 Å². The summed E-state index contributed by atoms with van der Waals surface area (Å²) in [7, 11) is 0.229. The molecule has 1 unspecified atom stereocenters. The minimum Gasteiger partial charge on any atom is -0.472 e. The van der Waals surface area contributed by atoms with Crippen LogP contribution >= 0.6 is 0 Å². The molecule has 0 amide bonds. The Balaban J connectivity index is 1.73. The second-order valence-corrected chi connectivity index (χ2v) is 8.68. The maximum Gasteiger partial charge on any atom is 0.243 e. The number of hydrogen-bond donors (Lipinski definition) is 0. The van der Waals surface area contributed by atoms with E-state index in [1.165, 1.54) is 4.31 Å². The molecule has 1 atom stereocenters. The molecule has 3 rings (SSSR count). The van der Waals surface area contributed by atoms with Crippen LogP contribution in [0.2, 0.25) is 0 Å². The van der Waals surface area contributed by atoms with Crippen molar-refractivity contribution in [2.45, 2.75) is 31.3 Å². The van der Waals surface area contributed by atoms with Gasteiger partial charge in [0.2, 0.25) is 15.9 Å². The van der Waals surface area contributed by atoms with Crippen LogP contribution in [0.25, 0.3) is 0 Å². The minimum atomic E-state index is -3.52. The van der Waals surface area contributed by atoms with Crippen molar-refractivity contribution in [3.63, 3.8) is 0 Å². The number of nitrogens with zero attached hydrogens (tertiary/aromatic N) is 4. The first-order valence-corrected chi connectivity index (χ1v) is 9.95. The van der Waals surface area contributed by atoms with E-state index in [9.17, 15) is 8.42 Å². The Morgan fingerprint density at radius 1 is 1.23 bits per heavy atom. The first-order valence-electron chi connectivity index (χ1n) is 8.51. The Kier molecular flexibility index (Phi) is 5.15. The predicted octanol–water partition coefficient (Wildman–Crippen LogP) is 2.00.